The van der Waals surface area contributed by atoms with Crippen molar-refractivity contribution in [3.8, 4) is 11.3 Å². The van der Waals surface area contributed by atoms with Crippen LogP contribution in [-0.2, 0) is 4.74 Å². The summed E-state index contributed by atoms with van der Waals surface area (Å²) in [4.78, 5) is 32.5. The molecule has 0 saturated carbocycles. The van der Waals surface area contributed by atoms with Crippen LogP contribution in [0.2, 0.25) is 0 Å². The first-order valence-electron chi connectivity index (χ1n) is 11.2. The molecular formula is C25H27N5O3. The minimum absolute atomic E-state index is 0.0672. The number of carbonyl (C=O) groups is 1. The zero-order valence-electron chi connectivity index (χ0n) is 19.1. The highest BCUT2D eigenvalue weighted by Crippen LogP contribution is 2.29. The van der Waals surface area contributed by atoms with Crippen molar-refractivity contribution in [1.29, 1.82) is 0 Å². The van der Waals surface area contributed by atoms with Gasteiger partial charge in [0, 0.05) is 36.9 Å². The van der Waals surface area contributed by atoms with Crippen LogP contribution >= 0.6 is 0 Å². The molecule has 1 amide bonds. The van der Waals surface area contributed by atoms with E-state index in [0.29, 0.717) is 37.2 Å². The van der Waals surface area contributed by atoms with Crippen molar-refractivity contribution in [2.24, 2.45) is 0 Å². The van der Waals surface area contributed by atoms with Crippen LogP contribution in [0.1, 0.15) is 39.7 Å². The largest absolute Gasteiger partial charge is 0.444 e. The highest BCUT2D eigenvalue weighted by molar-refractivity contribution is 5.92. The van der Waals surface area contributed by atoms with Crippen LogP contribution in [0.3, 0.4) is 0 Å². The van der Waals surface area contributed by atoms with E-state index in [2.05, 4.69) is 4.98 Å². The van der Waals surface area contributed by atoms with Gasteiger partial charge in [-0.25, -0.2) is 9.31 Å². The third-order valence-electron chi connectivity index (χ3n) is 5.93. The van der Waals surface area contributed by atoms with E-state index in [9.17, 15) is 9.59 Å². The molecule has 0 bridgehead atoms. The summed E-state index contributed by atoms with van der Waals surface area (Å²) in [6.07, 6.45) is 4.45. The maximum absolute atomic E-state index is 13.8. The van der Waals surface area contributed by atoms with E-state index in [4.69, 9.17) is 9.84 Å². The van der Waals surface area contributed by atoms with Gasteiger partial charge in [0.1, 0.15) is 11.2 Å². The number of fused-ring (bicyclic) bond motifs is 3. The number of benzene rings is 1. The molecule has 33 heavy (non-hydrogen) atoms. The molecule has 3 aromatic heterocycles. The van der Waals surface area contributed by atoms with Gasteiger partial charge >= 0.3 is 6.09 Å². The smallest absolute Gasteiger partial charge is 0.410 e. The second-order valence-electron chi connectivity index (χ2n) is 9.42. The van der Waals surface area contributed by atoms with Crippen molar-refractivity contribution in [3.63, 3.8) is 0 Å². The van der Waals surface area contributed by atoms with Gasteiger partial charge in [0.05, 0.1) is 16.8 Å². The fourth-order valence-electron chi connectivity index (χ4n) is 4.44. The Bertz CT molecular complexity index is 1380. The molecule has 0 aliphatic carbocycles. The number of aromatic nitrogens is 4. The van der Waals surface area contributed by atoms with Gasteiger partial charge in [0.15, 0.2) is 0 Å². The Kier molecular flexibility index (Phi) is 5.15. The quantitative estimate of drug-likeness (QED) is 0.460. The van der Waals surface area contributed by atoms with Gasteiger partial charge < -0.3 is 9.64 Å². The van der Waals surface area contributed by atoms with Crippen molar-refractivity contribution in [2.45, 2.75) is 45.3 Å². The third kappa shape index (κ3) is 3.97. The van der Waals surface area contributed by atoms with E-state index in [1.54, 1.807) is 21.8 Å². The summed E-state index contributed by atoms with van der Waals surface area (Å²) in [6, 6.07) is 13.3. The van der Waals surface area contributed by atoms with Crippen molar-refractivity contribution in [3.05, 3.63) is 65.2 Å². The molecule has 0 spiro atoms. The molecule has 0 atom stereocenters. The molecule has 1 fully saturated rings. The number of nitrogens with zero attached hydrogens (tertiary/aromatic N) is 5. The van der Waals surface area contributed by atoms with Gasteiger partial charge in [-0.3, -0.25) is 14.3 Å². The van der Waals surface area contributed by atoms with Crippen LogP contribution in [0.15, 0.2) is 59.7 Å². The number of hydrogen-bond acceptors (Lipinski definition) is 5. The van der Waals surface area contributed by atoms with E-state index in [-0.39, 0.29) is 17.7 Å². The standard InChI is InChI=1S/C25H27N5O3/c1-25(2,3)33-24(32)28-14-11-17(12-15-28)30-22-18-8-4-5-10-21(18)27-29(22)16-19(23(30)31)20-9-6-7-13-26-20/h4-10,13,16-17H,11-12,14-15H2,1-3H3. The molecular weight excluding hydrogens is 418 g/mol. The molecule has 5 rings (SSSR count). The zero-order valence-corrected chi connectivity index (χ0v) is 19.1. The number of ether oxygens (including phenoxy) is 1. The number of piperidine rings is 1. The van der Waals surface area contributed by atoms with Gasteiger partial charge in [-0.1, -0.05) is 18.2 Å². The number of hydrogen-bond donors (Lipinski definition) is 0. The minimum Gasteiger partial charge on any atom is -0.444 e. The van der Waals surface area contributed by atoms with Crippen molar-refractivity contribution >= 4 is 22.6 Å². The number of rotatable bonds is 2. The Labute approximate surface area is 191 Å². The molecule has 4 heterocycles. The van der Waals surface area contributed by atoms with Gasteiger partial charge in [-0.2, -0.15) is 5.10 Å². The number of carbonyl (C=O) groups excluding carboxylic acids is 1. The fourth-order valence-corrected chi connectivity index (χ4v) is 4.44. The van der Waals surface area contributed by atoms with Crippen LogP contribution in [0, 0.1) is 0 Å². The predicted molar refractivity (Wildman–Crippen MR) is 126 cm³/mol. The highest BCUT2D eigenvalue weighted by Gasteiger charge is 2.30. The van der Waals surface area contributed by atoms with Crippen molar-refractivity contribution in [1.82, 2.24) is 24.1 Å². The summed E-state index contributed by atoms with van der Waals surface area (Å²) in [5.41, 5.74) is 2.09. The van der Waals surface area contributed by atoms with Crippen molar-refractivity contribution in [2.75, 3.05) is 13.1 Å². The average molecular weight is 446 g/mol. The normalized spacial score (nSPS) is 15.3. The Balaban J connectivity index is 1.58. The molecule has 0 unspecified atom stereocenters. The van der Waals surface area contributed by atoms with E-state index < -0.39 is 5.60 Å². The Hall–Kier alpha value is -3.68. The van der Waals surface area contributed by atoms with E-state index in [0.717, 1.165) is 16.6 Å². The molecule has 1 saturated heterocycles. The SMILES string of the molecule is CC(C)(C)OC(=O)N1CCC(n2c(=O)c(-c3ccccn3)cn3nc4ccccc4c23)CC1. The summed E-state index contributed by atoms with van der Waals surface area (Å²) < 4.78 is 9.17. The van der Waals surface area contributed by atoms with Crippen LogP contribution < -0.4 is 5.56 Å². The monoisotopic (exact) mass is 445 g/mol. The summed E-state index contributed by atoms with van der Waals surface area (Å²) in [6.45, 7) is 6.64. The first kappa shape index (κ1) is 21.2. The number of amides is 1. The second-order valence-corrected chi connectivity index (χ2v) is 9.42. The van der Waals surface area contributed by atoms with Gasteiger partial charge in [0.25, 0.3) is 5.56 Å². The minimum atomic E-state index is -0.537. The molecule has 0 radical (unpaired) electrons. The summed E-state index contributed by atoms with van der Waals surface area (Å²) in [7, 11) is 0. The van der Waals surface area contributed by atoms with Crippen LogP contribution in [0.4, 0.5) is 4.79 Å². The zero-order chi connectivity index (χ0) is 23.2. The highest BCUT2D eigenvalue weighted by atomic mass is 16.6. The van der Waals surface area contributed by atoms with E-state index in [1.165, 1.54) is 0 Å². The topological polar surface area (TPSA) is 81.7 Å². The Morgan fingerprint density at radius 2 is 1.79 bits per heavy atom. The predicted octanol–water partition coefficient (Wildman–Crippen LogP) is 4.28. The Morgan fingerprint density at radius 3 is 2.48 bits per heavy atom. The molecule has 1 aromatic carbocycles. The van der Waals surface area contributed by atoms with E-state index >= 15 is 0 Å². The molecule has 8 nitrogen and oxygen atoms in total. The lowest BCUT2D eigenvalue weighted by atomic mass is 10.0. The third-order valence-corrected chi connectivity index (χ3v) is 5.93. The first-order chi connectivity index (χ1) is 15.8. The number of likely N-dealkylation sites (tertiary alicyclic amines) is 1. The van der Waals surface area contributed by atoms with Crippen LogP contribution in [0.5, 0.6) is 0 Å². The van der Waals surface area contributed by atoms with Gasteiger partial charge in [-0.15, -0.1) is 0 Å². The van der Waals surface area contributed by atoms with Crippen LogP contribution in [-0.4, -0.2) is 48.8 Å². The average Bonchev–Trinajstić information content (AvgIpc) is 3.16. The lowest BCUT2D eigenvalue weighted by molar-refractivity contribution is 0.0188. The second kappa shape index (κ2) is 8.03. The molecule has 1 aliphatic rings. The summed E-state index contributed by atoms with van der Waals surface area (Å²) in [5, 5.41) is 5.65. The fraction of sp³-hybridized carbons (Fsp3) is 0.360. The molecule has 170 valence electrons. The maximum atomic E-state index is 13.8. The molecule has 4 aromatic rings. The van der Waals surface area contributed by atoms with E-state index in [1.807, 2.05) is 67.8 Å². The lowest BCUT2D eigenvalue weighted by Gasteiger charge is -2.34. The van der Waals surface area contributed by atoms with Gasteiger partial charge in [-0.05, 0) is 57.9 Å². The first-order valence-corrected chi connectivity index (χ1v) is 11.2. The summed E-state index contributed by atoms with van der Waals surface area (Å²) in [5.74, 6) is 0. The number of pyridine rings is 1. The molecule has 0 N–H and O–H groups in total. The Morgan fingerprint density at radius 1 is 1.06 bits per heavy atom. The maximum Gasteiger partial charge on any atom is 0.410 e. The van der Waals surface area contributed by atoms with Gasteiger partial charge in [0.2, 0.25) is 0 Å². The molecule has 1 aliphatic heterocycles. The van der Waals surface area contributed by atoms with Crippen LogP contribution in [0.25, 0.3) is 27.8 Å². The lowest BCUT2D eigenvalue weighted by Crippen LogP contribution is -2.43. The van der Waals surface area contributed by atoms with Crippen molar-refractivity contribution < 1.29 is 9.53 Å². The molecule has 8 heteroatoms. The summed E-state index contributed by atoms with van der Waals surface area (Å²) >= 11 is 0.